The van der Waals surface area contributed by atoms with Crippen LogP contribution in [0.25, 0.3) is 0 Å². The quantitative estimate of drug-likeness (QED) is 0.238. The van der Waals surface area contributed by atoms with Gasteiger partial charge >= 0.3 is 0 Å². The van der Waals surface area contributed by atoms with Crippen molar-refractivity contribution in [1.82, 2.24) is 30.4 Å². The van der Waals surface area contributed by atoms with Crippen molar-refractivity contribution in [1.29, 1.82) is 0 Å². The van der Waals surface area contributed by atoms with Gasteiger partial charge in [0.2, 0.25) is 0 Å². The van der Waals surface area contributed by atoms with E-state index in [-0.39, 0.29) is 24.0 Å². The van der Waals surface area contributed by atoms with Crippen molar-refractivity contribution in [2.24, 2.45) is 4.99 Å². The van der Waals surface area contributed by atoms with Gasteiger partial charge in [-0.25, -0.2) is 4.98 Å². The number of aliphatic imine (C=N–C) groups is 1. The fraction of sp³-hybridized carbons (Fsp3) is 0.625. The van der Waals surface area contributed by atoms with Crippen LogP contribution in [0.1, 0.15) is 36.6 Å². The van der Waals surface area contributed by atoms with E-state index in [2.05, 4.69) is 44.7 Å². The minimum absolute atomic E-state index is 0. The van der Waals surface area contributed by atoms with Gasteiger partial charge in [-0.05, 0) is 26.2 Å². The first-order chi connectivity index (χ1) is 11.8. The third kappa shape index (κ3) is 8.61. The third-order valence-corrected chi connectivity index (χ3v) is 4.69. The molecule has 7 nitrogen and oxygen atoms in total. The summed E-state index contributed by atoms with van der Waals surface area (Å²) in [4.78, 5) is 10.4. The summed E-state index contributed by atoms with van der Waals surface area (Å²) in [6, 6.07) is 0. The van der Waals surface area contributed by atoms with E-state index in [1.54, 1.807) is 24.0 Å². The number of hydrogen-bond acceptors (Lipinski definition) is 5. The number of hydrogen-bond donors (Lipinski definition) is 2. The highest BCUT2D eigenvalue weighted by Crippen LogP contribution is 2.13. The second-order valence-corrected chi connectivity index (χ2v) is 6.62. The molecule has 0 saturated carbocycles. The zero-order valence-corrected chi connectivity index (χ0v) is 18.1. The van der Waals surface area contributed by atoms with Crippen molar-refractivity contribution in [3.8, 4) is 0 Å². The smallest absolute Gasteiger partial charge is 0.191 e. The van der Waals surface area contributed by atoms with Gasteiger partial charge in [-0.1, -0.05) is 6.92 Å². The molecular weight excluding hydrogens is 449 g/mol. The molecule has 2 aromatic rings. The summed E-state index contributed by atoms with van der Waals surface area (Å²) in [5, 5.41) is 15.5. The Morgan fingerprint density at radius 1 is 1.20 bits per heavy atom. The lowest BCUT2D eigenvalue weighted by molar-refractivity contribution is 0.611. The topological polar surface area (TPSA) is 80.0 Å². The highest BCUT2D eigenvalue weighted by Gasteiger charge is 2.02. The Hall–Kier alpha value is -1.23. The summed E-state index contributed by atoms with van der Waals surface area (Å²) in [5.74, 6) is 0.883. The van der Waals surface area contributed by atoms with Crippen molar-refractivity contribution in [2.75, 3.05) is 19.6 Å². The molecule has 0 aliphatic carbocycles. The van der Waals surface area contributed by atoms with Crippen molar-refractivity contribution in [3.05, 3.63) is 28.7 Å². The first kappa shape index (κ1) is 21.8. The zero-order chi connectivity index (χ0) is 17.0. The van der Waals surface area contributed by atoms with E-state index in [0.717, 1.165) is 57.8 Å². The molecule has 0 bridgehead atoms. The van der Waals surface area contributed by atoms with Gasteiger partial charge in [0.05, 0.1) is 5.01 Å². The molecule has 0 spiro atoms. The molecule has 9 heteroatoms. The molecule has 2 heterocycles. The number of nitrogens with one attached hydrogen (secondary N) is 2. The molecule has 0 saturated heterocycles. The van der Waals surface area contributed by atoms with E-state index in [4.69, 9.17) is 0 Å². The molecule has 2 aromatic heterocycles. The maximum absolute atomic E-state index is 4.62. The van der Waals surface area contributed by atoms with Gasteiger partial charge in [0, 0.05) is 43.7 Å². The molecule has 2 rings (SSSR count). The molecule has 0 unspecified atom stereocenters. The Labute approximate surface area is 170 Å². The van der Waals surface area contributed by atoms with Crippen molar-refractivity contribution in [2.45, 2.75) is 46.1 Å². The number of unbranched alkanes of at least 4 members (excludes halogenated alkanes) is 1. The number of aryl methyl sites for hydroxylation is 2. The average Bonchev–Trinajstić information content (AvgIpc) is 3.26. The van der Waals surface area contributed by atoms with Crippen LogP contribution in [0.3, 0.4) is 0 Å². The van der Waals surface area contributed by atoms with Crippen LogP contribution in [-0.2, 0) is 19.4 Å². The van der Waals surface area contributed by atoms with Crippen molar-refractivity contribution >= 4 is 41.3 Å². The Morgan fingerprint density at radius 3 is 2.68 bits per heavy atom. The Bertz CT molecular complexity index is 597. The Balaban J connectivity index is 0.00000312. The van der Waals surface area contributed by atoms with Crippen LogP contribution in [0.4, 0.5) is 0 Å². The highest BCUT2D eigenvalue weighted by molar-refractivity contribution is 14.0. The minimum atomic E-state index is 0. The second-order valence-electron chi connectivity index (χ2n) is 5.42. The monoisotopic (exact) mass is 477 g/mol. The number of halogens is 1. The van der Waals surface area contributed by atoms with Gasteiger partial charge in [0.25, 0.3) is 0 Å². The first-order valence-electron chi connectivity index (χ1n) is 8.60. The van der Waals surface area contributed by atoms with Crippen LogP contribution >= 0.6 is 35.3 Å². The van der Waals surface area contributed by atoms with Gasteiger partial charge < -0.3 is 15.2 Å². The lowest BCUT2D eigenvalue weighted by atomic mass is 10.3. The Kier molecular flexibility index (Phi) is 11.4. The van der Waals surface area contributed by atoms with Crippen LogP contribution in [-0.4, -0.2) is 45.3 Å². The average molecular weight is 477 g/mol. The predicted molar refractivity (Wildman–Crippen MR) is 114 cm³/mol. The lowest BCUT2D eigenvalue weighted by Gasteiger charge is -2.10. The number of guanidine groups is 1. The van der Waals surface area contributed by atoms with E-state index < -0.39 is 0 Å². The molecule has 0 fully saturated rings. The molecule has 2 N–H and O–H groups in total. The van der Waals surface area contributed by atoms with Crippen LogP contribution in [0.5, 0.6) is 0 Å². The standard InChI is InChI=1S/C16H27N7S.HI/c1-3-14-11-20-15(24-14)7-9-19-16(17-4-2)18-8-5-6-10-23-12-21-22-13-23;/h11-13H,3-10H2,1-2H3,(H2,17,18,19);1H. The molecule has 0 atom stereocenters. The highest BCUT2D eigenvalue weighted by atomic mass is 127. The second kappa shape index (κ2) is 13.0. The molecule has 0 aliphatic heterocycles. The number of rotatable bonds is 10. The van der Waals surface area contributed by atoms with Gasteiger partial charge in [0.1, 0.15) is 12.7 Å². The summed E-state index contributed by atoms with van der Waals surface area (Å²) < 4.78 is 1.99. The zero-order valence-electron chi connectivity index (χ0n) is 14.9. The predicted octanol–water partition coefficient (Wildman–Crippen LogP) is 2.49. The van der Waals surface area contributed by atoms with Crippen LogP contribution in [0.2, 0.25) is 0 Å². The third-order valence-electron chi connectivity index (χ3n) is 3.49. The SMILES string of the molecule is CCNC(=NCCCCn1cnnc1)NCCc1ncc(CC)s1.I. The van der Waals surface area contributed by atoms with E-state index in [0.29, 0.717) is 0 Å². The van der Waals surface area contributed by atoms with Crippen molar-refractivity contribution in [3.63, 3.8) is 0 Å². The Morgan fingerprint density at radius 2 is 2.00 bits per heavy atom. The number of nitrogens with zero attached hydrogens (tertiary/aromatic N) is 5. The largest absolute Gasteiger partial charge is 0.357 e. The van der Waals surface area contributed by atoms with Crippen molar-refractivity contribution < 1.29 is 0 Å². The molecule has 140 valence electrons. The lowest BCUT2D eigenvalue weighted by Crippen LogP contribution is -2.38. The van der Waals surface area contributed by atoms with E-state index >= 15 is 0 Å². The van der Waals surface area contributed by atoms with Gasteiger partial charge in [0.15, 0.2) is 5.96 Å². The summed E-state index contributed by atoms with van der Waals surface area (Å²) in [5.41, 5.74) is 0. The van der Waals surface area contributed by atoms with Gasteiger partial charge in [-0.3, -0.25) is 4.99 Å². The molecule has 0 radical (unpaired) electrons. The van der Waals surface area contributed by atoms with Gasteiger partial charge in [-0.2, -0.15) is 0 Å². The van der Waals surface area contributed by atoms with E-state index in [9.17, 15) is 0 Å². The summed E-state index contributed by atoms with van der Waals surface area (Å²) >= 11 is 1.80. The van der Waals surface area contributed by atoms with Crippen LogP contribution < -0.4 is 10.6 Å². The maximum Gasteiger partial charge on any atom is 0.191 e. The summed E-state index contributed by atoms with van der Waals surface area (Å²) in [7, 11) is 0. The maximum atomic E-state index is 4.62. The molecular formula is C16H28IN7S. The van der Waals surface area contributed by atoms with Crippen LogP contribution in [0.15, 0.2) is 23.8 Å². The molecule has 0 aliphatic rings. The first-order valence-corrected chi connectivity index (χ1v) is 9.41. The summed E-state index contributed by atoms with van der Waals surface area (Å²) in [6.45, 7) is 7.71. The number of thiazole rings is 1. The molecule has 25 heavy (non-hydrogen) atoms. The van der Waals surface area contributed by atoms with E-state index in [1.165, 1.54) is 9.88 Å². The normalized spacial score (nSPS) is 11.2. The minimum Gasteiger partial charge on any atom is -0.357 e. The molecule has 0 aromatic carbocycles. The fourth-order valence-corrected chi connectivity index (χ4v) is 3.05. The van der Waals surface area contributed by atoms with E-state index in [1.807, 2.05) is 10.8 Å². The fourth-order valence-electron chi connectivity index (χ4n) is 2.19. The molecule has 0 amide bonds. The summed E-state index contributed by atoms with van der Waals surface area (Å²) in [6.07, 6.45) is 9.58. The van der Waals surface area contributed by atoms with Gasteiger partial charge in [-0.15, -0.1) is 45.5 Å². The number of aromatic nitrogens is 4. The van der Waals surface area contributed by atoms with Crippen LogP contribution in [0, 0.1) is 0 Å².